The molecule has 0 bridgehead atoms. The zero-order valence-corrected chi connectivity index (χ0v) is 32.1. The third-order valence-corrected chi connectivity index (χ3v) is 12.7. The van der Waals surface area contributed by atoms with Crippen LogP contribution in [0.1, 0.15) is 12.0 Å². The molecule has 57 heavy (non-hydrogen) atoms. The van der Waals surface area contributed by atoms with Gasteiger partial charge >= 0.3 is 0 Å². The molecule has 1 aliphatic carbocycles. The monoisotopic (exact) mass is 746 g/mol. The zero-order valence-electron chi connectivity index (χ0n) is 31.3. The van der Waals surface area contributed by atoms with Crippen molar-refractivity contribution in [1.82, 2.24) is 4.57 Å². The van der Waals surface area contributed by atoms with Gasteiger partial charge in [0.1, 0.15) is 0 Å². The SMILES string of the molecule is C1=CC(N(c2ccc(-c3ccccc3)cc2)c2ccc3sc4ccccc4c3c2)CC=C1c1cc(-n2c3ccccc3c3ccccc32)ccc1-c1ccccc1. The molecule has 0 N–H and O–H groups in total. The number of thiophene rings is 1. The number of rotatable bonds is 7. The topological polar surface area (TPSA) is 8.17 Å². The Morgan fingerprint density at radius 3 is 1.75 bits per heavy atom. The summed E-state index contributed by atoms with van der Waals surface area (Å²) in [5.74, 6) is 0. The van der Waals surface area contributed by atoms with Crippen LogP contribution in [0.25, 0.3) is 75.5 Å². The summed E-state index contributed by atoms with van der Waals surface area (Å²) in [4.78, 5) is 2.52. The highest BCUT2D eigenvalue weighted by atomic mass is 32.1. The largest absolute Gasteiger partial charge is 0.334 e. The van der Waals surface area contributed by atoms with Gasteiger partial charge in [-0.15, -0.1) is 11.3 Å². The van der Waals surface area contributed by atoms with Crippen LogP contribution in [0.4, 0.5) is 11.4 Å². The molecule has 1 unspecified atom stereocenters. The van der Waals surface area contributed by atoms with Crippen molar-refractivity contribution in [3.63, 3.8) is 0 Å². The van der Waals surface area contributed by atoms with Crippen LogP contribution in [0.5, 0.6) is 0 Å². The Labute approximate surface area is 336 Å². The smallest absolute Gasteiger partial charge is 0.0560 e. The molecule has 3 heteroatoms. The number of nitrogens with zero attached hydrogens (tertiary/aromatic N) is 2. The van der Waals surface area contributed by atoms with Crippen LogP contribution >= 0.6 is 11.3 Å². The molecule has 10 aromatic rings. The van der Waals surface area contributed by atoms with Crippen LogP contribution in [0.15, 0.2) is 212 Å². The molecule has 2 heterocycles. The van der Waals surface area contributed by atoms with Crippen LogP contribution in [-0.4, -0.2) is 10.6 Å². The fraction of sp³-hybridized carbons (Fsp3) is 0.0370. The third kappa shape index (κ3) is 5.87. The molecule has 1 aliphatic rings. The molecule has 0 amide bonds. The van der Waals surface area contributed by atoms with Gasteiger partial charge in [0.2, 0.25) is 0 Å². The highest BCUT2D eigenvalue weighted by molar-refractivity contribution is 7.25. The number of benzene rings is 8. The first kappa shape index (κ1) is 33.4. The number of hydrogen-bond acceptors (Lipinski definition) is 2. The summed E-state index contributed by atoms with van der Waals surface area (Å²) >= 11 is 1.87. The molecule has 1 atom stereocenters. The minimum absolute atomic E-state index is 0.124. The van der Waals surface area contributed by atoms with Gasteiger partial charge in [-0.25, -0.2) is 0 Å². The van der Waals surface area contributed by atoms with Crippen molar-refractivity contribution in [3.05, 3.63) is 218 Å². The maximum atomic E-state index is 2.52. The first-order valence-corrected chi connectivity index (χ1v) is 20.5. The van der Waals surface area contributed by atoms with Gasteiger partial charge in [0.15, 0.2) is 0 Å². The average molecular weight is 747 g/mol. The molecule has 0 saturated carbocycles. The van der Waals surface area contributed by atoms with E-state index >= 15 is 0 Å². The molecular formula is C54H38N2S. The second-order valence-corrected chi connectivity index (χ2v) is 15.9. The molecule has 2 aromatic heterocycles. The maximum Gasteiger partial charge on any atom is 0.0560 e. The molecule has 0 radical (unpaired) electrons. The molecule has 0 aliphatic heterocycles. The van der Waals surface area contributed by atoms with Crippen molar-refractivity contribution in [3.8, 4) is 27.9 Å². The number of hydrogen-bond donors (Lipinski definition) is 0. The van der Waals surface area contributed by atoms with Crippen LogP contribution in [0.2, 0.25) is 0 Å². The fourth-order valence-corrected chi connectivity index (χ4v) is 9.91. The van der Waals surface area contributed by atoms with E-state index < -0.39 is 0 Å². The summed E-state index contributed by atoms with van der Waals surface area (Å²) in [5, 5.41) is 5.17. The Kier molecular flexibility index (Phi) is 8.19. The lowest BCUT2D eigenvalue weighted by molar-refractivity contribution is 0.787. The van der Waals surface area contributed by atoms with E-state index in [-0.39, 0.29) is 6.04 Å². The van der Waals surface area contributed by atoms with Gasteiger partial charge < -0.3 is 9.47 Å². The quantitative estimate of drug-likeness (QED) is 0.158. The van der Waals surface area contributed by atoms with Crippen LogP contribution in [0.3, 0.4) is 0 Å². The van der Waals surface area contributed by atoms with E-state index in [4.69, 9.17) is 0 Å². The second kappa shape index (κ2) is 14.0. The normalized spacial score (nSPS) is 14.1. The van der Waals surface area contributed by atoms with Gasteiger partial charge in [-0.05, 0) is 100 Å². The maximum absolute atomic E-state index is 2.52. The highest BCUT2D eigenvalue weighted by Gasteiger charge is 2.23. The van der Waals surface area contributed by atoms with E-state index in [1.807, 2.05) is 11.3 Å². The van der Waals surface area contributed by atoms with Gasteiger partial charge in [0.25, 0.3) is 0 Å². The standard InChI is InChI=1S/C54H38N2S/c1-3-13-37(14-4-1)38-23-27-41(28-24-38)55(43-32-34-54-50(36-43)48-19-9-12-22-53(48)57-54)42-29-25-40(26-30-42)49-35-44(31-33-45(49)39-15-5-2-6-16-39)56-51-20-10-7-17-46(51)47-18-8-11-21-52(47)56/h1-29,31-36,42H,30H2. The Morgan fingerprint density at radius 1 is 0.456 bits per heavy atom. The summed E-state index contributed by atoms with van der Waals surface area (Å²) in [6.07, 6.45) is 8.09. The van der Waals surface area contributed by atoms with E-state index in [0.29, 0.717) is 0 Å². The Balaban J connectivity index is 1.02. The molecule has 0 saturated heterocycles. The molecule has 8 aromatic carbocycles. The lowest BCUT2D eigenvalue weighted by Crippen LogP contribution is -2.30. The zero-order chi connectivity index (χ0) is 37.7. The van der Waals surface area contributed by atoms with Crippen LogP contribution < -0.4 is 4.90 Å². The van der Waals surface area contributed by atoms with Gasteiger partial charge in [-0.3, -0.25) is 0 Å². The van der Waals surface area contributed by atoms with Crippen molar-refractivity contribution < 1.29 is 0 Å². The summed E-state index contributed by atoms with van der Waals surface area (Å²) in [6, 6.07) is 70.9. The Bertz CT molecular complexity index is 3100. The molecular weight excluding hydrogens is 709 g/mol. The number of aromatic nitrogens is 1. The average Bonchev–Trinajstić information content (AvgIpc) is 3.83. The minimum atomic E-state index is 0.124. The molecule has 2 nitrogen and oxygen atoms in total. The number of anilines is 2. The summed E-state index contributed by atoms with van der Waals surface area (Å²) in [7, 11) is 0. The van der Waals surface area contributed by atoms with Crippen LogP contribution in [0, 0.1) is 0 Å². The highest BCUT2D eigenvalue weighted by Crippen LogP contribution is 2.42. The summed E-state index contributed by atoms with van der Waals surface area (Å²) < 4.78 is 5.06. The molecule has 0 fully saturated rings. The van der Waals surface area contributed by atoms with Crippen molar-refractivity contribution in [1.29, 1.82) is 0 Å². The number of para-hydroxylation sites is 2. The second-order valence-electron chi connectivity index (χ2n) is 14.8. The van der Waals surface area contributed by atoms with Crippen molar-refractivity contribution in [2.75, 3.05) is 4.90 Å². The predicted octanol–water partition coefficient (Wildman–Crippen LogP) is 15.0. The lowest BCUT2D eigenvalue weighted by Gasteiger charge is -2.33. The van der Waals surface area contributed by atoms with Crippen molar-refractivity contribution >= 4 is 70.3 Å². The van der Waals surface area contributed by atoms with Crippen molar-refractivity contribution in [2.24, 2.45) is 0 Å². The number of allylic oxidation sites excluding steroid dienone is 2. The first-order valence-electron chi connectivity index (χ1n) is 19.7. The van der Waals surface area contributed by atoms with E-state index in [9.17, 15) is 0 Å². The lowest BCUT2D eigenvalue weighted by atomic mass is 9.89. The first-order chi connectivity index (χ1) is 28.3. The van der Waals surface area contributed by atoms with Gasteiger partial charge in [-0.1, -0.05) is 152 Å². The van der Waals surface area contributed by atoms with Gasteiger partial charge in [0.05, 0.1) is 17.1 Å². The predicted molar refractivity (Wildman–Crippen MR) is 245 cm³/mol. The third-order valence-electron chi connectivity index (χ3n) is 11.5. The summed E-state index contributed by atoms with van der Waals surface area (Å²) in [5.41, 5.74) is 13.3. The molecule has 0 spiro atoms. The molecule has 270 valence electrons. The van der Waals surface area contributed by atoms with E-state index in [0.717, 1.165) is 12.1 Å². The van der Waals surface area contributed by atoms with Gasteiger partial charge in [0, 0.05) is 48.0 Å². The molecule has 11 rings (SSSR count). The van der Waals surface area contributed by atoms with Crippen LogP contribution in [-0.2, 0) is 0 Å². The Morgan fingerprint density at radius 2 is 1.05 bits per heavy atom. The minimum Gasteiger partial charge on any atom is -0.334 e. The van der Waals surface area contributed by atoms with Crippen molar-refractivity contribution in [2.45, 2.75) is 12.5 Å². The fourth-order valence-electron chi connectivity index (χ4n) is 8.82. The van der Waals surface area contributed by atoms with E-state index in [2.05, 4.69) is 222 Å². The Hall–Kier alpha value is -6.94. The van der Waals surface area contributed by atoms with Gasteiger partial charge in [-0.2, -0.15) is 0 Å². The van der Waals surface area contributed by atoms with E-state index in [1.165, 1.54) is 86.7 Å². The number of fused-ring (bicyclic) bond motifs is 6. The summed E-state index contributed by atoms with van der Waals surface area (Å²) in [6.45, 7) is 0. The van der Waals surface area contributed by atoms with E-state index in [1.54, 1.807) is 0 Å².